The van der Waals surface area contributed by atoms with Gasteiger partial charge in [-0.2, -0.15) is 8.96 Å². The van der Waals surface area contributed by atoms with E-state index in [2.05, 4.69) is 36.4 Å². The lowest BCUT2D eigenvalue weighted by Gasteiger charge is -2.19. The van der Waals surface area contributed by atoms with E-state index in [4.69, 9.17) is 0 Å². The molecule has 0 aliphatic rings. The molecule has 0 amide bonds. The second-order valence-electron chi connectivity index (χ2n) is 7.96. The fraction of sp³-hybridized carbons (Fsp3) is 0.0690. The summed E-state index contributed by atoms with van der Waals surface area (Å²) in [6.07, 6.45) is 1.99. The Morgan fingerprint density at radius 2 is 1.25 bits per heavy atom. The van der Waals surface area contributed by atoms with E-state index < -0.39 is 0 Å². The van der Waals surface area contributed by atoms with Crippen molar-refractivity contribution in [1.29, 1.82) is 0 Å². The first kappa shape index (κ1) is 20.0. The van der Waals surface area contributed by atoms with Crippen LogP contribution in [0.1, 0.15) is 5.56 Å². The molecule has 2 aromatic heterocycles. The number of aromatic nitrogens is 2. The highest BCUT2D eigenvalue weighted by Crippen LogP contribution is 2.39. The summed E-state index contributed by atoms with van der Waals surface area (Å²) in [4.78, 5) is 0. The van der Waals surface area contributed by atoms with Crippen LogP contribution in [0.3, 0.4) is 0 Å². The number of pyridine rings is 1. The van der Waals surface area contributed by atoms with E-state index in [-0.39, 0.29) is 5.95 Å². The highest BCUT2D eigenvalue weighted by atomic mass is 19.1. The smallest absolute Gasteiger partial charge is 0.229 e. The Labute approximate surface area is 187 Å². The molecule has 3 aromatic carbocycles. The minimum absolute atomic E-state index is 0.276. The van der Waals surface area contributed by atoms with Gasteiger partial charge in [-0.05, 0) is 35.7 Å². The van der Waals surface area contributed by atoms with Crippen LogP contribution in [0.25, 0.3) is 39.3 Å². The summed E-state index contributed by atoms with van der Waals surface area (Å²) in [5, 5.41) is 0. The van der Waals surface area contributed by atoms with Crippen LogP contribution >= 0.6 is 0 Å². The standard InChI is InChI=1S/C29H24FN2/c1-21-20-27(30)32(28(21)26-18-9-10-19-31(26)2)29-24(22-12-5-3-6-13-22)16-11-17-25(29)23-14-7-4-8-15-23/h3-20H,1-2H3/q+1. The second kappa shape index (κ2) is 8.27. The number of halogens is 1. The molecule has 0 aliphatic carbocycles. The summed E-state index contributed by atoms with van der Waals surface area (Å²) in [5.41, 5.74) is 7.62. The molecule has 2 nitrogen and oxygen atoms in total. The van der Waals surface area contributed by atoms with Gasteiger partial charge in [-0.25, -0.2) is 0 Å². The third kappa shape index (κ3) is 3.42. The lowest BCUT2D eigenvalue weighted by atomic mass is 9.95. The van der Waals surface area contributed by atoms with Gasteiger partial charge in [-0.1, -0.05) is 78.9 Å². The van der Waals surface area contributed by atoms with Crippen molar-refractivity contribution in [2.75, 3.05) is 0 Å². The van der Waals surface area contributed by atoms with Crippen LogP contribution in [0.2, 0.25) is 0 Å². The molecule has 0 saturated heterocycles. The van der Waals surface area contributed by atoms with Crippen molar-refractivity contribution in [3.63, 3.8) is 0 Å². The van der Waals surface area contributed by atoms with Crippen LogP contribution in [-0.2, 0) is 7.05 Å². The Morgan fingerprint density at radius 3 is 1.81 bits per heavy atom. The highest BCUT2D eigenvalue weighted by Gasteiger charge is 2.25. The second-order valence-corrected chi connectivity index (χ2v) is 7.96. The van der Waals surface area contributed by atoms with Crippen LogP contribution in [0.5, 0.6) is 0 Å². The lowest BCUT2D eigenvalue weighted by molar-refractivity contribution is -0.660. The predicted octanol–water partition coefficient (Wildman–Crippen LogP) is 6.75. The van der Waals surface area contributed by atoms with Gasteiger partial charge in [0, 0.05) is 23.3 Å². The molecule has 156 valence electrons. The Bertz CT molecular complexity index is 1330. The number of aryl methyl sites for hydroxylation is 2. The maximum Gasteiger partial charge on any atom is 0.229 e. The molecule has 0 saturated carbocycles. The van der Waals surface area contributed by atoms with Crippen molar-refractivity contribution in [2.45, 2.75) is 6.92 Å². The van der Waals surface area contributed by atoms with E-state index in [1.54, 1.807) is 10.6 Å². The van der Waals surface area contributed by atoms with Gasteiger partial charge in [0.2, 0.25) is 5.69 Å². The van der Waals surface area contributed by atoms with Crippen molar-refractivity contribution in [1.82, 2.24) is 4.57 Å². The van der Waals surface area contributed by atoms with Crippen LogP contribution in [0.4, 0.5) is 4.39 Å². The van der Waals surface area contributed by atoms with Crippen molar-refractivity contribution < 1.29 is 8.96 Å². The largest absolute Gasteiger partial charge is 0.279 e. The number of hydrogen-bond donors (Lipinski definition) is 0. The Morgan fingerprint density at radius 1 is 0.688 bits per heavy atom. The lowest BCUT2D eigenvalue weighted by Crippen LogP contribution is -2.31. The van der Waals surface area contributed by atoms with Crippen LogP contribution in [0, 0.1) is 12.9 Å². The van der Waals surface area contributed by atoms with Gasteiger partial charge in [-0.15, -0.1) is 0 Å². The monoisotopic (exact) mass is 419 g/mol. The third-order valence-corrected chi connectivity index (χ3v) is 5.87. The van der Waals surface area contributed by atoms with Gasteiger partial charge < -0.3 is 0 Å². The molecular weight excluding hydrogens is 395 g/mol. The van der Waals surface area contributed by atoms with Crippen molar-refractivity contribution in [3.8, 4) is 39.3 Å². The van der Waals surface area contributed by atoms with Crippen molar-refractivity contribution >= 4 is 0 Å². The molecule has 0 spiro atoms. The number of hydrogen-bond acceptors (Lipinski definition) is 0. The number of nitrogens with zero attached hydrogens (tertiary/aromatic N) is 2. The first-order valence-electron chi connectivity index (χ1n) is 10.7. The fourth-order valence-electron chi connectivity index (χ4n) is 4.38. The average molecular weight is 420 g/mol. The Balaban J connectivity index is 1.90. The molecule has 5 aromatic rings. The van der Waals surface area contributed by atoms with Gasteiger partial charge in [0.15, 0.2) is 12.1 Å². The molecular formula is C29H24FN2+. The molecule has 32 heavy (non-hydrogen) atoms. The molecule has 0 fully saturated rings. The molecule has 0 N–H and O–H groups in total. The van der Waals surface area contributed by atoms with Crippen LogP contribution in [-0.4, -0.2) is 4.57 Å². The Hall–Kier alpha value is -3.98. The average Bonchev–Trinajstić information content (AvgIpc) is 3.13. The molecule has 0 aliphatic heterocycles. The SMILES string of the molecule is Cc1cc(F)n(-c2c(-c3ccccc3)cccc2-c2ccccc2)c1-c1cccc[n+]1C. The quantitative estimate of drug-likeness (QED) is 0.285. The minimum Gasteiger partial charge on any atom is -0.279 e. The third-order valence-electron chi connectivity index (χ3n) is 5.87. The van der Waals surface area contributed by atoms with Crippen LogP contribution in [0.15, 0.2) is 109 Å². The summed E-state index contributed by atoms with van der Waals surface area (Å²) < 4.78 is 19.5. The first-order valence-corrected chi connectivity index (χ1v) is 10.7. The topological polar surface area (TPSA) is 8.81 Å². The van der Waals surface area contributed by atoms with Crippen molar-refractivity contribution in [2.24, 2.45) is 7.05 Å². The zero-order chi connectivity index (χ0) is 22.1. The molecule has 5 rings (SSSR count). The summed E-state index contributed by atoms with van der Waals surface area (Å²) in [6.45, 7) is 1.97. The Kier molecular flexibility index (Phi) is 5.16. The number of para-hydroxylation sites is 1. The summed E-state index contributed by atoms with van der Waals surface area (Å²) in [7, 11) is 1.99. The fourth-order valence-corrected chi connectivity index (χ4v) is 4.38. The minimum atomic E-state index is -0.276. The predicted molar refractivity (Wildman–Crippen MR) is 128 cm³/mol. The van der Waals surface area contributed by atoms with Gasteiger partial charge in [0.05, 0.1) is 5.69 Å². The van der Waals surface area contributed by atoms with E-state index in [1.807, 2.05) is 85.4 Å². The maximum absolute atomic E-state index is 15.7. The van der Waals surface area contributed by atoms with Crippen LogP contribution < -0.4 is 4.57 Å². The first-order chi connectivity index (χ1) is 15.6. The molecule has 0 atom stereocenters. The molecule has 0 radical (unpaired) electrons. The molecule has 2 heterocycles. The summed E-state index contributed by atoms with van der Waals surface area (Å²) in [6, 6.07) is 34.2. The zero-order valence-electron chi connectivity index (χ0n) is 18.2. The normalized spacial score (nSPS) is 11.0. The van der Waals surface area contributed by atoms with E-state index in [0.29, 0.717) is 0 Å². The van der Waals surface area contributed by atoms with E-state index in [9.17, 15) is 0 Å². The zero-order valence-corrected chi connectivity index (χ0v) is 18.2. The van der Waals surface area contributed by atoms with Gasteiger partial charge in [0.25, 0.3) is 0 Å². The van der Waals surface area contributed by atoms with Gasteiger partial charge >= 0.3 is 0 Å². The number of benzene rings is 3. The van der Waals surface area contributed by atoms with Gasteiger partial charge in [-0.3, -0.25) is 4.57 Å². The maximum atomic E-state index is 15.7. The molecule has 0 unspecified atom stereocenters. The van der Waals surface area contributed by atoms with E-state index >= 15 is 4.39 Å². The molecule has 0 bridgehead atoms. The summed E-state index contributed by atoms with van der Waals surface area (Å²) >= 11 is 0. The van der Waals surface area contributed by atoms with E-state index in [1.165, 1.54) is 0 Å². The highest BCUT2D eigenvalue weighted by molar-refractivity contribution is 5.87. The molecule has 3 heteroatoms. The summed E-state index contributed by atoms with van der Waals surface area (Å²) in [5.74, 6) is -0.276. The van der Waals surface area contributed by atoms with Gasteiger partial charge in [0.1, 0.15) is 12.7 Å². The number of rotatable bonds is 4. The van der Waals surface area contributed by atoms with Crippen molar-refractivity contribution in [3.05, 3.63) is 121 Å². The van der Waals surface area contributed by atoms with E-state index in [0.717, 1.165) is 44.9 Å².